The average Bonchev–Trinajstić information content (AvgIpc) is 2.87. The maximum Gasteiger partial charge on any atom is 0.122 e. The molecule has 0 aliphatic rings. The predicted molar refractivity (Wildman–Crippen MR) is 77.1 cm³/mol. The third kappa shape index (κ3) is 3.24. The maximum absolute atomic E-state index is 5.82. The van der Waals surface area contributed by atoms with Gasteiger partial charge in [-0.2, -0.15) is 0 Å². The first-order valence-corrected chi connectivity index (χ1v) is 6.92. The molecule has 0 aliphatic heterocycles. The second-order valence-corrected chi connectivity index (χ2v) is 5.25. The van der Waals surface area contributed by atoms with E-state index >= 15 is 0 Å². The topological polar surface area (TPSA) is 57.4 Å². The highest BCUT2D eigenvalue weighted by Crippen LogP contribution is 2.27. The summed E-state index contributed by atoms with van der Waals surface area (Å²) in [6, 6.07) is 5.75. The third-order valence-electron chi connectivity index (χ3n) is 2.87. The molecule has 0 aliphatic carbocycles. The van der Waals surface area contributed by atoms with E-state index in [1.807, 2.05) is 30.5 Å². The summed E-state index contributed by atoms with van der Waals surface area (Å²) in [7, 11) is 3.32. The lowest BCUT2D eigenvalue weighted by Crippen LogP contribution is -2.05. The van der Waals surface area contributed by atoms with E-state index in [0.717, 1.165) is 34.2 Å². The van der Waals surface area contributed by atoms with Crippen molar-refractivity contribution in [2.45, 2.75) is 19.4 Å². The van der Waals surface area contributed by atoms with Gasteiger partial charge in [-0.05, 0) is 25.1 Å². The van der Waals surface area contributed by atoms with Crippen LogP contribution < -0.4 is 15.2 Å². The SMILES string of the molecule is COc1ccc(OC)c(Cc2nc(C(C)N)cs2)c1. The summed E-state index contributed by atoms with van der Waals surface area (Å²) in [5, 5.41) is 3.03. The number of nitrogens with zero attached hydrogens (tertiary/aromatic N) is 1. The lowest BCUT2D eigenvalue weighted by molar-refractivity contribution is 0.399. The van der Waals surface area contributed by atoms with Crippen molar-refractivity contribution in [3.05, 3.63) is 39.8 Å². The van der Waals surface area contributed by atoms with Crippen LogP contribution in [0.1, 0.15) is 29.2 Å². The molecular weight excluding hydrogens is 260 g/mol. The van der Waals surface area contributed by atoms with Crippen molar-refractivity contribution in [3.63, 3.8) is 0 Å². The zero-order chi connectivity index (χ0) is 13.8. The molecule has 1 atom stereocenters. The summed E-state index contributed by atoms with van der Waals surface area (Å²) in [5.74, 6) is 1.66. The fourth-order valence-corrected chi connectivity index (χ4v) is 2.72. The number of hydrogen-bond donors (Lipinski definition) is 1. The molecule has 1 aromatic heterocycles. The number of aromatic nitrogens is 1. The number of rotatable bonds is 5. The molecule has 2 aromatic rings. The largest absolute Gasteiger partial charge is 0.497 e. The highest BCUT2D eigenvalue weighted by molar-refractivity contribution is 7.09. The summed E-state index contributed by atoms with van der Waals surface area (Å²) < 4.78 is 10.6. The number of methoxy groups -OCH3 is 2. The Balaban J connectivity index is 2.25. The van der Waals surface area contributed by atoms with Crippen LogP contribution in [0, 0.1) is 0 Å². The third-order valence-corrected chi connectivity index (χ3v) is 3.73. The first kappa shape index (κ1) is 13.8. The van der Waals surface area contributed by atoms with E-state index < -0.39 is 0 Å². The Labute approximate surface area is 117 Å². The molecular formula is C14H18N2O2S. The zero-order valence-corrected chi connectivity index (χ0v) is 12.2. The molecule has 0 amide bonds. The fraction of sp³-hybridized carbons (Fsp3) is 0.357. The van der Waals surface area contributed by atoms with E-state index in [-0.39, 0.29) is 6.04 Å². The second-order valence-electron chi connectivity index (χ2n) is 4.31. The van der Waals surface area contributed by atoms with Gasteiger partial charge in [0.25, 0.3) is 0 Å². The number of thiazole rings is 1. The van der Waals surface area contributed by atoms with Gasteiger partial charge in [0.15, 0.2) is 0 Å². The summed E-state index contributed by atoms with van der Waals surface area (Å²) in [4.78, 5) is 4.53. The summed E-state index contributed by atoms with van der Waals surface area (Å²) in [5.41, 5.74) is 7.82. The van der Waals surface area contributed by atoms with Gasteiger partial charge in [-0.25, -0.2) is 4.98 Å². The van der Waals surface area contributed by atoms with Crippen molar-refractivity contribution in [2.75, 3.05) is 14.2 Å². The lowest BCUT2D eigenvalue weighted by atomic mass is 10.1. The molecule has 0 saturated carbocycles. The van der Waals surface area contributed by atoms with Crippen LogP contribution in [0.2, 0.25) is 0 Å². The monoisotopic (exact) mass is 278 g/mol. The molecule has 0 bridgehead atoms. The van der Waals surface area contributed by atoms with E-state index in [1.165, 1.54) is 0 Å². The van der Waals surface area contributed by atoms with Crippen molar-refractivity contribution >= 4 is 11.3 Å². The Kier molecular flexibility index (Phi) is 4.39. The second kappa shape index (κ2) is 6.04. The minimum atomic E-state index is -0.0304. The quantitative estimate of drug-likeness (QED) is 0.913. The summed E-state index contributed by atoms with van der Waals surface area (Å²) in [6.45, 7) is 1.94. The molecule has 0 fully saturated rings. The van der Waals surface area contributed by atoms with Gasteiger partial charge in [-0.15, -0.1) is 11.3 Å². The Morgan fingerprint density at radius 3 is 2.68 bits per heavy atom. The standard InChI is InChI=1S/C14H18N2O2S/c1-9(15)12-8-19-14(16-12)7-10-6-11(17-2)4-5-13(10)18-3/h4-6,8-9H,7,15H2,1-3H3. The normalized spacial score (nSPS) is 12.2. The van der Waals surface area contributed by atoms with Crippen LogP contribution in [0.4, 0.5) is 0 Å². The molecule has 102 valence electrons. The Morgan fingerprint density at radius 2 is 2.11 bits per heavy atom. The fourth-order valence-electron chi connectivity index (χ4n) is 1.80. The summed E-state index contributed by atoms with van der Waals surface area (Å²) in [6.07, 6.45) is 0.720. The molecule has 19 heavy (non-hydrogen) atoms. The Bertz CT molecular complexity index is 552. The van der Waals surface area contributed by atoms with Crippen molar-refractivity contribution in [3.8, 4) is 11.5 Å². The van der Waals surface area contributed by atoms with E-state index in [4.69, 9.17) is 15.2 Å². The van der Waals surface area contributed by atoms with Crippen LogP contribution in [0.15, 0.2) is 23.6 Å². The first-order valence-electron chi connectivity index (χ1n) is 6.04. The van der Waals surface area contributed by atoms with Crippen LogP contribution in [0.3, 0.4) is 0 Å². The molecule has 1 aromatic carbocycles. The molecule has 0 spiro atoms. The molecule has 1 unspecified atom stereocenters. The average molecular weight is 278 g/mol. The number of nitrogens with two attached hydrogens (primary N) is 1. The molecule has 0 radical (unpaired) electrons. The van der Waals surface area contributed by atoms with Gasteiger partial charge in [-0.1, -0.05) is 0 Å². The highest BCUT2D eigenvalue weighted by Gasteiger charge is 2.10. The van der Waals surface area contributed by atoms with Gasteiger partial charge in [-0.3, -0.25) is 0 Å². The van der Waals surface area contributed by atoms with Crippen LogP contribution >= 0.6 is 11.3 Å². The van der Waals surface area contributed by atoms with Crippen molar-refractivity contribution in [1.82, 2.24) is 4.98 Å². The van der Waals surface area contributed by atoms with Gasteiger partial charge in [0.1, 0.15) is 11.5 Å². The van der Waals surface area contributed by atoms with Crippen molar-refractivity contribution < 1.29 is 9.47 Å². The summed E-state index contributed by atoms with van der Waals surface area (Å²) >= 11 is 1.62. The van der Waals surface area contributed by atoms with Gasteiger partial charge < -0.3 is 15.2 Å². The zero-order valence-electron chi connectivity index (χ0n) is 11.3. The minimum absolute atomic E-state index is 0.0304. The number of ether oxygens (including phenoxy) is 2. The van der Waals surface area contributed by atoms with E-state index in [2.05, 4.69) is 4.98 Å². The van der Waals surface area contributed by atoms with Crippen molar-refractivity contribution in [2.24, 2.45) is 5.73 Å². The molecule has 2 N–H and O–H groups in total. The van der Waals surface area contributed by atoms with Crippen LogP contribution in [0.25, 0.3) is 0 Å². The molecule has 1 heterocycles. The Hall–Kier alpha value is -1.59. The van der Waals surface area contributed by atoms with Crippen LogP contribution in [-0.2, 0) is 6.42 Å². The van der Waals surface area contributed by atoms with E-state index in [0.29, 0.717) is 0 Å². The van der Waals surface area contributed by atoms with Crippen molar-refractivity contribution in [1.29, 1.82) is 0 Å². The lowest BCUT2D eigenvalue weighted by Gasteiger charge is -2.09. The molecule has 5 heteroatoms. The number of benzene rings is 1. The van der Waals surface area contributed by atoms with Crippen LogP contribution in [-0.4, -0.2) is 19.2 Å². The van der Waals surface area contributed by atoms with Gasteiger partial charge >= 0.3 is 0 Å². The number of hydrogen-bond acceptors (Lipinski definition) is 5. The maximum atomic E-state index is 5.82. The van der Waals surface area contributed by atoms with Gasteiger partial charge in [0, 0.05) is 23.4 Å². The van der Waals surface area contributed by atoms with Crippen LogP contribution in [0.5, 0.6) is 11.5 Å². The Morgan fingerprint density at radius 1 is 1.32 bits per heavy atom. The molecule has 2 rings (SSSR count). The minimum Gasteiger partial charge on any atom is -0.497 e. The van der Waals surface area contributed by atoms with E-state index in [1.54, 1.807) is 25.6 Å². The highest BCUT2D eigenvalue weighted by atomic mass is 32.1. The smallest absolute Gasteiger partial charge is 0.122 e. The van der Waals surface area contributed by atoms with Gasteiger partial charge in [0.05, 0.1) is 24.9 Å². The predicted octanol–water partition coefficient (Wildman–Crippen LogP) is 2.77. The van der Waals surface area contributed by atoms with E-state index in [9.17, 15) is 0 Å². The van der Waals surface area contributed by atoms with Gasteiger partial charge in [0.2, 0.25) is 0 Å². The first-order chi connectivity index (χ1) is 9.13. The molecule has 0 saturated heterocycles. The molecule has 4 nitrogen and oxygen atoms in total.